The van der Waals surface area contributed by atoms with Crippen LogP contribution in [0, 0.1) is 0 Å². The van der Waals surface area contributed by atoms with Gasteiger partial charge in [0.25, 0.3) is 0 Å². The Balaban J connectivity index is 1.42. The Morgan fingerprint density at radius 3 is 2.76 bits per heavy atom. The van der Waals surface area contributed by atoms with Crippen LogP contribution in [0.1, 0.15) is 6.42 Å². The van der Waals surface area contributed by atoms with E-state index in [1.54, 1.807) is 42.1 Å². The predicted molar refractivity (Wildman–Crippen MR) is 127 cm³/mol. The molecule has 2 atom stereocenters. The molecule has 0 spiro atoms. The average molecular weight is 523 g/mol. The van der Waals surface area contributed by atoms with Gasteiger partial charge in [-0.25, -0.2) is 13.6 Å². The van der Waals surface area contributed by atoms with E-state index in [0.717, 1.165) is 11.2 Å². The lowest BCUT2D eigenvalue weighted by atomic mass is 10.0. The molecule has 0 saturated carbocycles. The fourth-order valence-corrected chi connectivity index (χ4v) is 4.57. The normalized spacial score (nSPS) is 19.1. The Labute approximate surface area is 209 Å². The summed E-state index contributed by atoms with van der Waals surface area (Å²) in [7, 11) is 3.08. The van der Waals surface area contributed by atoms with Gasteiger partial charge in [0.2, 0.25) is 11.8 Å². The van der Waals surface area contributed by atoms with Gasteiger partial charge in [0.1, 0.15) is 23.7 Å². The first-order valence-corrected chi connectivity index (χ1v) is 11.7. The highest BCUT2D eigenvalue weighted by molar-refractivity contribution is 5.89. The molecule has 3 aromatic heterocycles. The van der Waals surface area contributed by atoms with Gasteiger partial charge in [-0.1, -0.05) is 11.3 Å². The van der Waals surface area contributed by atoms with E-state index in [9.17, 15) is 17.6 Å². The Kier molecular flexibility index (Phi) is 6.86. The quantitative estimate of drug-likeness (QED) is 0.353. The highest BCUT2D eigenvalue weighted by Gasteiger charge is 2.31. The van der Waals surface area contributed by atoms with E-state index in [4.69, 9.17) is 9.47 Å². The number of hydrogen-bond donors (Lipinski definition) is 1. The van der Waals surface area contributed by atoms with Crippen LogP contribution in [0.15, 0.2) is 30.5 Å². The number of nitrogens with one attached hydrogen (secondary N) is 1. The maximum absolute atomic E-state index is 14.8. The Hall–Kier alpha value is -3.52. The zero-order valence-corrected chi connectivity index (χ0v) is 20.2. The Morgan fingerprint density at radius 1 is 1.19 bits per heavy atom. The van der Waals surface area contributed by atoms with Crippen LogP contribution in [-0.4, -0.2) is 93.3 Å². The van der Waals surface area contributed by atoms with Gasteiger partial charge in [0.15, 0.2) is 0 Å². The second-order valence-corrected chi connectivity index (χ2v) is 8.88. The lowest BCUT2D eigenvalue weighted by Crippen LogP contribution is -2.48. The lowest BCUT2D eigenvalue weighted by Gasteiger charge is -2.34. The SMILES string of the molecule is COCCN1CC[C@@H](Nc2nc(OC)c3c(-c4ccc5nnn(CC(F)(F)F)c5c4)ccn3n2)[C@@H](F)C1. The third-order valence-electron chi connectivity index (χ3n) is 6.38. The van der Waals surface area contributed by atoms with Crippen molar-refractivity contribution < 1.29 is 27.0 Å². The molecule has 14 heteroatoms. The molecule has 1 fully saturated rings. The van der Waals surface area contributed by atoms with Crippen LogP contribution in [0.25, 0.3) is 27.7 Å². The van der Waals surface area contributed by atoms with Gasteiger partial charge in [-0.3, -0.25) is 4.90 Å². The third kappa shape index (κ3) is 5.30. The van der Waals surface area contributed by atoms with Gasteiger partial charge in [0, 0.05) is 38.5 Å². The molecular formula is C23H26F4N8O2. The molecule has 198 valence electrons. The molecule has 10 nitrogen and oxygen atoms in total. The van der Waals surface area contributed by atoms with Crippen molar-refractivity contribution in [2.75, 3.05) is 45.8 Å². The van der Waals surface area contributed by atoms with Gasteiger partial charge in [-0.2, -0.15) is 18.2 Å². The van der Waals surface area contributed by atoms with Crippen LogP contribution < -0.4 is 10.1 Å². The van der Waals surface area contributed by atoms with Crippen LogP contribution in [0.3, 0.4) is 0 Å². The number of benzene rings is 1. The minimum absolute atomic E-state index is 0.215. The van der Waals surface area contributed by atoms with Gasteiger partial charge in [-0.05, 0) is 30.2 Å². The smallest absolute Gasteiger partial charge is 0.408 e. The van der Waals surface area contributed by atoms with Crippen molar-refractivity contribution in [1.82, 2.24) is 34.5 Å². The van der Waals surface area contributed by atoms with Gasteiger partial charge >= 0.3 is 6.18 Å². The Morgan fingerprint density at radius 2 is 2.03 bits per heavy atom. The zero-order chi connectivity index (χ0) is 26.2. The summed E-state index contributed by atoms with van der Waals surface area (Å²) in [5.41, 5.74) is 2.39. The molecule has 5 rings (SSSR count). The van der Waals surface area contributed by atoms with Crippen LogP contribution >= 0.6 is 0 Å². The van der Waals surface area contributed by atoms with E-state index < -0.39 is 24.9 Å². The van der Waals surface area contributed by atoms with Crippen LogP contribution in [-0.2, 0) is 11.3 Å². The van der Waals surface area contributed by atoms with E-state index >= 15 is 0 Å². The molecule has 4 aromatic rings. The van der Waals surface area contributed by atoms with Gasteiger partial charge < -0.3 is 14.8 Å². The van der Waals surface area contributed by atoms with Crippen molar-refractivity contribution in [2.45, 2.75) is 31.4 Å². The second kappa shape index (κ2) is 10.1. The summed E-state index contributed by atoms with van der Waals surface area (Å²) in [4.78, 5) is 6.47. The molecule has 1 aliphatic rings. The molecule has 0 bridgehead atoms. The van der Waals surface area contributed by atoms with E-state index in [-0.39, 0.29) is 23.9 Å². The standard InChI is InChI=1S/C23H26F4N8O2/c1-36-10-9-33-7-6-17(16(24)12-33)28-22-29-21(37-2)20-15(5-8-34(20)31-22)14-3-4-18-19(11-14)35(32-30-18)13-23(25,26)27/h3-5,8,11,16-17H,6-7,9-10,12-13H2,1-2H3,(H,28,31)/t16-,17+/m0/s1. The highest BCUT2D eigenvalue weighted by Crippen LogP contribution is 2.33. The average Bonchev–Trinajstić information content (AvgIpc) is 3.46. The molecule has 0 aliphatic carbocycles. The number of nitrogens with zero attached hydrogens (tertiary/aromatic N) is 7. The van der Waals surface area contributed by atoms with E-state index in [2.05, 4.69) is 25.7 Å². The summed E-state index contributed by atoms with van der Waals surface area (Å²) in [6.45, 7) is 0.982. The number of hydrogen-bond acceptors (Lipinski definition) is 8. The summed E-state index contributed by atoms with van der Waals surface area (Å²) in [6, 6.07) is 6.24. The van der Waals surface area contributed by atoms with Crippen molar-refractivity contribution in [3.63, 3.8) is 0 Å². The number of likely N-dealkylation sites (tertiary alicyclic amines) is 1. The second-order valence-electron chi connectivity index (χ2n) is 8.88. The fourth-order valence-electron chi connectivity index (χ4n) is 4.57. The van der Waals surface area contributed by atoms with Crippen molar-refractivity contribution in [1.29, 1.82) is 0 Å². The summed E-state index contributed by atoms with van der Waals surface area (Å²) in [6.07, 6.45) is -3.28. The molecular weight excluding hydrogens is 496 g/mol. The van der Waals surface area contributed by atoms with Crippen molar-refractivity contribution >= 4 is 22.5 Å². The van der Waals surface area contributed by atoms with Crippen molar-refractivity contribution in [3.8, 4) is 17.0 Å². The number of fused-ring (bicyclic) bond motifs is 2. The number of aromatic nitrogens is 6. The summed E-state index contributed by atoms with van der Waals surface area (Å²) < 4.78 is 66.7. The Bertz CT molecular complexity index is 1390. The predicted octanol–water partition coefficient (Wildman–Crippen LogP) is 3.18. The van der Waals surface area contributed by atoms with E-state index in [0.29, 0.717) is 41.7 Å². The van der Waals surface area contributed by atoms with Crippen molar-refractivity contribution in [3.05, 3.63) is 30.5 Å². The number of alkyl halides is 4. The molecule has 4 heterocycles. The van der Waals surface area contributed by atoms with Crippen LogP contribution in [0.4, 0.5) is 23.5 Å². The first-order chi connectivity index (χ1) is 17.8. The number of rotatable bonds is 8. The molecule has 0 amide bonds. The molecule has 1 aromatic carbocycles. The third-order valence-corrected chi connectivity index (χ3v) is 6.38. The highest BCUT2D eigenvalue weighted by atomic mass is 19.4. The number of halogens is 4. The number of anilines is 1. The monoisotopic (exact) mass is 522 g/mol. The molecule has 1 N–H and O–H groups in total. The topological polar surface area (TPSA) is 94.6 Å². The van der Waals surface area contributed by atoms with Gasteiger partial charge in [0.05, 0.1) is 25.3 Å². The maximum atomic E-state index is 14.8. The fraction of sp³-hybridized carbons (Fsp3) is 0.478. The van der Waals surface area contributed by atoms with E-state index in [1.165, 1.54) is 7.11 Å². The van der Waals surface area contributed by atoms with Crippen molar-refractivity contribution in [2.24, 2.45) is 0 Å². The van der Waals surface area contributed by atoms with Gasteiger partial charge in [-0.15, -0.1) is 10.2 Å². The molecule has 1 saturated heterocycles. The molecule has 0 radical (unpaired) electrons. The summed E-state index contributed by atoms with van der Waals surface area (Å²) in [5, 5.41) is 15.0. The minimum atomic E-state index is -4.43. The number of ether oxygens (including phenoxy) is 2. The molecule has 1 aliphatic heterocycles. The lowest BCUT2D eigenvalue weighted by molar-refractivity contribution is -0.142. The summed E-state index contributed by atoms with van der Waals surface area (Å²) >= 11 is 0. The maximum Gasteiger partial charge on any atom is 0.408 e. The summed E-state index contributed by atoms with van der Waals surface area (Å²) in [5.74, 6) is 0.458. The number of methoxy groups -OCH3 is 2. The van der Waals surface area contributed by atoms with Crippen LogP contribution in [0.5, 0.6) is 5.88 Å². The molecule has 0 unspecified atom stereocenters. The first-order valence-electron chi connectivity index (χ1n) is 11.7. The minimum Gasteiger partial charge on any atom is -0.479 e. The largest absolute Gasteiger partial charge is 0.479 e. The zero-order valence-electron chi connectivity index (χ0n) is 20.2. The molecule has 37 heavy (non-hydrogen) atoms. The number of piperidine rings is 1. The first kappa shape index (κ1) is 25.1. The van der Waals surface area contributed by atoms with Crippen LogP contribution in [0.2, 0.25) is 0 Å². The van der Waals surface area contributed by atoms with E-state index in [1.807, 2.05) is 4.90 Å².